The number of rotatable bonds is 5. The molecule has 9 aromatic carbocycles. The summed E-state index contributed by atoms with van der Waals surface area (Å²) in [7, 11) is 0. The summed E-state index contributed by atoms with van der Waals surface area (Å²) in [4.78, 5) is 0. The molecule has 0 heteroatoms. The Balaban J connectivity index is 1.04. The van der Waals surface area contributed by atoms with Crippen molar-refractivity contribution >= 4 is 32.3 Å². The molecule has 0 radical (unpaired) electrons. The second kappa shape index (κ2) is 12.1. The van der Waals surface area contributed by atoms with Gasteiger partial charge in [-0.15, -0.1) is 0 Å². The van der Waals surface area contributed by atoms with Crippen LogP contribution in [0, 0.1) is 6.92 Å². The summed E-state index contributed by atoms with van der Waals surface area (Å²) in [6.45, 7) is 2.23. The average molecular weight is 623 g/mol. The van der Waals surface area contributed by atoms with E-state index in [0.717, 1.165) is 0 Å². The number of aryl methyl sites for hydroxylation is 1. The maximum absolute atomic E-state index is 2.38. The largest absolute Gasteiger partial charge is 0.0622 e. The van der Waals surface area contributed by atoms with Crippen LogP contribution in [0.3, 0.4) is 0 Å². The quantitative estimate of drug-likeness (QED) is 0.168. The van der Waals surface area contributed by atoms with E-state index in [0.29, 0.717) is 0 Å². The van der Waals surface area contributed by atoms with Gasteiger partial charge in [0.1, 0.15) is 0 Å². The van der Waals surface area contributed by atoms with Gasteiger partial charge in [-0.1, -0.05) is 170 Å². The van der Waals surface area contributed by atoms with Gasteiger partial charge in [-0.2, -0.15) is 0 Å². The summed E-state index contributed by atoms with van der Waals surface area (Å²) in [5.74, 6) is 0. The van der Waals surface area contributed by atoms with E-state index in [1.807, 2.05) is 0 Å². The van der Waals surface area contributed by atoms with Crippen molar-refractivity contribution < 1.29 is 0 Å². The van der Waals surface area contributed by atoms with E-state index in [4.69, 9.17) is 0 Å². The third-order valence-corrected chi connectivity index (χ3v) is 10.00. The molecule has 0 aliphatic carbocycles. The van der Waals surface area contributed by atoms with Crippen LogP contribution in [-0.4, -0.2) is 0 Å². The lowest BCUT2D eigenvalue weighted by Gasteiger charge is -2.14. The SMILES string of the molecule is Cc1cc(-c2ccc3c4ccccc4c4ccccc4c3c2)ccc1-c1cccc(-c2cccc(-c3ccc(-c4ccccc4)cc3)c2)c1. The van der Waals surface area contributed by atoms with Gasteiger partial charge in [-0.05, 0) is 119 Å². The molecular formula is C49H34. The van der Waals surface area contributed by atoms with Gasteiger partial charge >= 0.3 is 0 Å². The molecule has 0 nitrogen and oxygen atoms in total. The molecule has 0 spiro atoms. The van der Waals surface area contributed by atoms with Crippen LogP contribution in [0.15, 0.2) is 188 Å². The molecule has 0 bridgehead atoms. The van der Waals surface area contributed by atoms with Crippen molar-refractivity contribution in [3.63, 3.8) is 0 Å². The maximum atomic E-state index is 2.38. The Morgan fingerprint density at radius 3 is 1.20 bits per heavy atom. The molecule has 0 N–H and O–H groups in total. The first kappa shape index (κ1) is 28.9. The lowest BCUT2D eigenvalue weighted by atomic mass is 9.90. The van der Waals surface area contributed by atoms with Crippen molar-refractivity contribution in [2.45, 2.75) is 6.92 Å². The van der Waals surface area contributed by atoms with Crippen LogP contribution in [0.25, 0.3) is 88.0 Å². The van der Waals surface area contributed by atoms with Gasteiger partial charge < -0.3 is 0 Å². The Morgan fingerprint density at radius 1 is 0.224 bits per heavy atom. The molecule has 0 saturated carbocycles. The van der Waals surface area contributed by atoms with E-state index >= 15 is 0 Å². The second-order valence-corrected chi connectivity index (χ2v) is 13.0. The summed E-state index contributed by atoms with van der Waals surface area (Å²) in [5.41, 5.74) is 13.6. The zero-order valence-corrected chi connectivity index (χ0v) is 27.4. The lowest BCUT2D eigenvalue weighted by molar-refractivity contribution is 1.45. The second-order valence-electron chi connectivity index (χ2n) is 13.0. The smallest absolute Gasteiger partial charge is 0.00928 e. The summed E-state index contributed by atoms with van der Waals surface area (Å²) in [5, 5.41) is 7.83. The molecule has 0 saturated heterocycles. The molecule has 0 heterocycles. The Labute approximate surface area is 287 Å². The maximum Gasteiger partial charge on any atom is -0.00928 e. The molecule has 0 atom stereocenters. The molecular weight excluding hydrogens is 589 g/mol. The van der Waals surface area contributed by atoms with Gasteiger partial charge in [-0.25, -0.2) is 0 Å². The Bertz CT molecular complexity index is 2610. The van der Waals surface area contributed by atoms with Crippen LogP contribution in [0.5, 0.6) is 0 Å². The molecule has 0 unspecified atom stereocenters. The first-order valence-corrected chi connectivity index (χ1v) is 17.0. The van der Waals surface area contributed by atoms with Gasteiger partial charge in [0.25, 0.3) is 0 Å². The zero-order valence-electron chi connectivity index (χ0n) is 27.4. The van der Waals surface area contributed by atoms with E-state index < -0.39 is 0 Å². The van der Waals surface area contributed by atoms with Crippen LogP contribution >= 0.6 is 0 Å². The molecule has 0 amide bonds. The van der Waals surface area contributed by atoms with Crippen molar-refractivity contribution in [1.29, 1.82) is 0 Å². The summed E-state index contributed by atoms with van der Waals surface area (Å²) in [6.07, 6.45) is 0. The van der Waals surface area contributed by atoms with Crippen LogP contribution in [-0.2, 0) is 0 Å². The van der Waals surface area contributed by atoms with Crippen LogP contribution in [0.2, 0.25) is 0 Å². The first-order chi connectivity index (χ1) is 24.2. The van der Waals surface area contributed by atoms with E-state index in [9.17, 15) is 0 Å². The fourth-order valence-corrected chi connectivity index (χ4v) is 7.48. The van der Waals surface area contributed by atoms with Crippen molar-refractivity contribution in [3.8, 4) is 55.6 Å². The number of hydrogen-bond donors (Lipinski definition) is 0. The number of benzene rings is 9. The van der Waals surface area contributed by atoms with Gasteiger partial charge in [0.2, 0.25) is 0 Å². The lowest BCUT2D eigenvalue weighted by Crippen LogP contribution is -1.88. The molecule has 0 aromatic heterocycles. The van der Waals surface area contributed by atoms with Crippen LogP contribution in [0.4, 0.5) is 0 Å². The molecule has 0 aliphatic heterocycles. The third-order valence-electron chi connectivity index (χ3n) is 10.00. The highest BCUT2D eigenvalue weighted by Gasteiger charge is 2.12. The predicted octanol–water partition coefficient (Wildman–Crippen LogP) is 13.8. The summed E-state index contributed by atoms with van der Waals surface area (Å²) < 4.78 is 0. The van der Waals surface area contributed by atoms with E-state index in [1.54, 1.807) is 0 Å². The third kappa shape index (κ3) is 5.29. The van der Waals surface area contributed by atoms with Gasteiger partial charge in [0.15, 0.2) is 0 Å². The first-order valence-electron chi connectivity index (χ1n) is 17.0. The van der Waals surface area contributed by atoms with Gasteiger partial charge in [-0.3, -0.25) is 0 Å². The van der Waals surface area contributed by atoms with Crippen molar-refractivity contribution in [3.05, 3.63) is 194 Å². The average Bonchev–Trinajstić information content (AvgIpc) is 3.18. The molecule has 9 aromatic rings. The summed E-state index contributed by atoms with van der Waals surface area (Å²) >= 11 is 0. The normalized spacial score (nSPS) is 11.4. The standard InChI is InChI=1S/C49H34/c1-33-29-40(41-26-28-48-46-19-6-5-17-44(46)45-18-7-8-20-47(45)49(48)32-41)25-27-43(33)42-16-10-15-39(31-42)38-14-9-13-37(30-38)36-23-21-35(22-24-36)34-11-3-2-4-12-34/h2-32H,1H3. The Kier molecular flexibility index (Phi) is 7.14. The summed E-state index contributed by atoms with van der Waals surface area (Å²) in [6, 6.07) is 68.7. The monoisotopic (exact) mass is 622 g/mol. The number of hydrogen-bond acceptors (Lipinski definition) is 0. The Hall–Kier alpha value is -6.24. The van der Waals surface area contributed by atoms with Crippen LogP contribution in [0.1, 0.15) is 5.56 Å². The molecule has 9 rings (SSSR count). The van der Waals surface area contributed by atoms with E-state index in [2.05, 4.69) is 195 Å². The highest BCUT2D eigenvalue weighted by Crippen LogP contribution is 2.38. The minimum Gasteiger partial charge on any atom is -0.0622 e. The topological polar surface area (TPSA) is 0 Å². The molecule has 49 heavy (non-hydrogen) atoms. The van der Waals surface area contributed by atoms with Gasteiger partial charge in [0.05, 0.1) is 0 Å². The molecule has 0 fully saturated rings. The van der Waals surface area contributed by atoms with Crippen molar-refractivity contribution in [1.82, 2.24) is 0 Å². The zero-order chi connectivity index (χ0) is 32.7. The van der Waals surface area contributed by atoms with Crippen molar-refractivity contribution in [2.75, 3.05) is 0 Å². The molecule has 0 aliphatic rings. The highest BCUT2D eigenvalue weighted by atomic mass is 14.2. The Morgan fingerprint density at radius 2 is 0.592 bits per heavy atom. The highest BCUT2D eigenvalue weighted by molar-refractivity contribution is 6.25. The van der Waals surface area contributed by atoms with E-state index in [1.165, 1.54) is 93.5 Å². The minimum absolute atomic E-state index is 1.22. The predicted molar refractivity (Wildman–Crippen MR) is 211 cm³/mol. The van der Waals surface area contributed by atoms with Crippen molar-refractivity contribution in [2.24, 2.45) is 0 Å². The fourth-order valence-electron chi connectivity index (χ4n) is 7.48. The minimum atomic E-state index is 1.22. The van der Waals surface area contributed by atoms with E-state index in [-0.39, 0.29) is 0 Å². The number of fused-ring (bicyclic) bond motifs is 6. The molecule has 230 valence electrons. The fraction of sp³-hybridized carbons (Fsp3) is 0.0204. The van der Waals surface area contributed by atoms with Crippen LogP contribution < -0.4 is 0 Å². The van der Waals surface area contributed by atoms with Gasteiger partial charge in [0, 0.05) is 0 Å².